The lowest BCUT2D eigenvalue weighted by Crippen LogP contribution is -2.52. The van der Waals surface area contributed by atoms with Gasteiger partial charge in [0.2, 0.25) is 5.75 Å². The first-order chi connectivity index (χ1) is 19.7. The maximum atomic E-state index is 12.1. The Hall–Kier alpha value is -3.66. The van der Waals surface area contributed by atoms with Crippen molar-refractivity contribution in [2.45, 2.75) is 51.0 Å². The van der Waals surface area contributed by atoms with Crippen LogP contribution in [0, 0.1) is 0 Å². The Morgan fingerprint density at radius 1 is 0.829 bits per heavy atom. The highest BCUT2D eigenvalue weighted by Crippen LogP contribution is 2.44. The molecule has 0 amide bonds. The molecule has 0 saturated heterocycles. The van der Waals surface area contributed by atoms with Crippen molar-refractivity contribution < 1.29 is 47.6 Å². The minimum absolute atomic E-state index is 0.0470. The van der Waals surface area contributed by atoms with Crippen molar-refractivity contribution in [3.05, 3.63) is 41.0 Å². The highest BCUT2D eigenvalue weighted by molar-refractivity contribution is 5.69. The molecule has 0 saturated carbocycles. The summed E-state index contributed by atoms with van der Waals surface area (Å²) in [7, 11) is 10.3. The van der Waals surface area contributed by atoms with Crippen molar-refractivity contribution in [2.75, 3.05) is 62.3 Å². The average Bonchev–Trinajstić information content (AvgIpc) is 2.97. The second kappa shape index (κ2) is 14.8. The number of methoxy groups -OCH3 is 5. The quantitative estimate of drug-likeness (QED) is 0.170. The lowest BCUT2D eigenvalue weighted by Gasteiger charge is -2.46. The number of carbonyl (C=O) groups is 2. The lowest BCUT2D eigenvalue weighted by molar-refractivity contribution is -0.941. The standard InChI is InChI=1S/C31H43NO9/c1-32(13-9-15-41-30(35)11-8-7-10-29(33)34)14-12-22-19-25(36-2)26(37-3)20-23(22)24(32)16-21-17-27(38-4)31(40-6)28(18-21)39-5/h17-20,24H,7-16H2,1-6H3/t24-,32-/m1/s1. The van der Waals surface area contributed by atoms with Crippen molar-refractivity contribution in [1.29, 1.82) is 0 Å². The van der Waals surface area contributed by atoms with E-state index in [1.807, 2.05) is 12.1 Å². The average molecular weight is 574 g/mol. The number of ether oxygens (including phenoxy) is 6. The summed E-state index contributed by atoms with van der Waals surface area (Å²) in [6.07, 6.45) is 3.30. The van der Waals surface area contributed by atoms with Gasteiger partial charge in [0.15, 0.2) is 23.0 Å². The van der Waals surface area contributed by atoms with Gasteiger partial charge in [0.25, 0.3) is 0 Å². The lowest BCUT2D eigenvalue weighted by atomic mass is 9.86. The summed E-state index contributed by atoms with van der Waals surface area (Å²) in [5, 5.41) is 10.6. The van der Waals surface area contributed by atoms with Gasteiger partial charge in [-0.05, 0) is 54.7 Å². The molecule has 10 heteroatoms. The second-order valence-corrected chi connectivity index (χ2v) is 10.5. The van der Waals surface area contributed by atoms with Crippen molar-refractivity contribution >= 4 is 11.9 Å². The van der Waals surface area contributed by atoms with E-state index in [4.69, 9.17) is 28.4 Å². The van der Waals surface area contributed by atoms with E-state index in [9.17, 15) is 14.7 Å². The van der Waals surface area contributed by atoms with Crippen LogP contribution in [-0.2, 0) is 27.2 Å². The van der Waals surface area contributed by atoms with Crippen LogP contribution in [0.2, 0.25) is 0 Å². The van der Waals surface area contributed by atoms with Gasteiger partial charge >= 0.3 is 5.97 Å². The van der Waals surface area contributed by atoms with Crippen LogP contribution in [0.3, 0.4) is 0 Å². The fourth-order valence-electron chi connectivity index (χ4n) is 5.63. The fourth-order valence-corrected chi connectivity index (χ4v) is 5.63. The van der Waals surface area contributed by atoms with Gasteiger partial charge in [-0.3, -0.25) is 4.79 Å². The Morgan fingerprint density at radius 2 is 1.44 bits per heavy atom. The molecule has 10 nitrogen and oxygen atoms in total. The molecule has 1 heterocycles. The predicted molar refractivity (Wildman–Crippen MR) is 151 cm³/mol. The number of quaternary nitrogens is 1. The molecule has 1 aliphatic rings. The number of unbranched alkanes of at least 4 members (excludes halogenated alkanes) is 1. The van der Waals surface area contributed by atoms with Crippen molar-refractivity contribution in [2.24, 2.45) is 0 Å². The van der Waals surface area contributed by atoms with Gasteiger partial charge in [0.1, 0.15) is 6.04 Å². The van der Waals surface area contributed by atoms with Crippen molar-refractivity contribution in [3.8, 4) is 28.7 Å². The number of benzene rings is 2. The normalized spacial score (nSPS) is 17.8. The maximum Gasteiger partial charge on any atom is 0.305 e. The summed E-state index contributed by atoms with van der Waals surface area (Å²) in [5.74, 6) is 1.74. The molecule has 3 rings (SSSR count). The summed E-state index contributed by atoms with van der Waals surface area (Å²) in [4.78, 5) is 22.7. The molecule has 0 unspecified atom stereocenters. The number of hydrogen-bond acceptors (Lipinski definition) is 9. The van der Waals surface area contributed by atoms with Crippen LogP contribution < -0.4 is 28.8 Å². The van der Waals surface area contributed by atoms with Crippen LogP contribution >= 0.6 is 0 Å². The summed E-state index contributed by atoms with van der Waals surface area (Å²) in [6.45, 7) is 2.00. The van der Waals surface area contributed by atoms with E-state index < -0.39 is 5.97 Å². The molecule has 0 fully saturated rings. The molecule has 0 spiro atoms. The number of carboxylic acid groups (broad SMARTS) is 1. The Bertz CT molecular complexity index is 1170. The van der Waals surface area contributed by atoms with Crippen LogP contribution in [0.15, 0.2) is 24.3 Å². The molecule has 0 aromatic heterocycles. The van der Waals surface area contributed by atoms with Gasteiger partial charge in [-0.2, -0.15) is 0 Å². The van der Waals surface area contributed by atoms with Gasteiger partial charge < -0.3 is 42.8 Å². The highest BCUT2D eigenvalue weighted by atomic mass is 16.5. The molecule has 41 heavy (non-hydrogen) atoms. The van der Waals surface area contributed by atoms with Crippen LogP contribution in [0.4, 0.5) is 0 Å². The Kier molecular flexibility index (Phi) is 11.5. The second-order valence-electron chi connectivity index (χ2n) is 10.5. The van der Waals surface area contributed by atoms with E-state index in [-0.39, 0.29) is 24.9 Å². The monoisotopic (exact) mass is 573 g/mol. The van der Waals surface area contributed by atoms with E-state index in [1.165, 1.54) is 11.1 Å². The van der Waals surface area contributed by atoms with Crippen molar-refractivity contribution in [1.82, 2.24) is 0 Å². The molecule has 1 aliphatic heterocycles. The summed E-state index contributed by atoms with van der Waals surface area (Å²) in [6, 6.07) is 8.20. The third kappa shape index (κ3) is 7.97. The maximum absolute atomic E-state index is 12.1. The zero-order valence-electron chi connectivity index (χ0n) is 25.1. The molecule has 2 aromatic carbocycles. The first kappa shape index (κ1) is 31.9. The van der Waals surface area contributed by atoms with Crippen LogP contribution in [0.1, 0.15) is 54.8 Å². The van der Waals surface area contributed by atoms with Gasteiger partial charge in [0.05, 0.1) is 62.3 Å². The Morgan fingerprint density at radius 3 is 2.02 bits per heavy atom. The van der Waals surface area contributed by atoms with Gasteiger partial charge in [0, 0.05) is 37.2 Å². The van der Waals surface area contributed by atoms with E-state index in [1.54, 1.807) is 35.5 Å². The fraction of sp³-hybridized carbons (Fsp3) is 0.548. The molecule has 0 aliphatic carbocycles. The molecule has 0 N–H and O–H groups in total. The summed E-state index contributed by atoms with van der Waals surface area (Å²) < 4.78 is 34.2. The number of nitrogens with zero attached hydrogens (tertiary/aromatic N) is 1. The molecule has 226 valence electrons. The van der Waals surface area contributed by atoms with E-state index in [0.29, 0.717) is 61.0 Å². The molecule has 0 bridgehead atoms. The first-order valence-corrected chi connectivity index (χ1v) is 13.9. The van der Waals surface area contributed by atoms with E-state index in [2.05, 4.69) is 19.2 Å². The molecule has 2 aromatic rings. The Labute approximate surface area is 242 Å². The predicted octanol–water partition coefficient (Wildman–Crippen LogP) is 3.26. The zero-order valence-corrected chi connectivity index (χ0v) is 25.1. The number of carboxylic acids is 1. The Balaban J connectivity index is 1.84. The van der Waals surface area contributed by atoms with Gasteiger partial charge in [-0.1, -0.05) is 0 Å². The minimum Gasteiger partial charge on any atom is -0.550 e. The molecule has 2 atom stereocenters. The number of carbonyl (C=O) groups excluding carboxylic acids is 2. The largest absolute Gasteiger partial charge is 0.550 e. The number of hydrogen-bond donors (Lipinski definition) is 0. The number of likely N-dealkylation sites (N-methyl/N-ethyl adjacent to an activating group) is 1. The highest BCUT2D eigenvalue weighted by Gasteiger charge is 2.40. The van der Waals surface area contributed by atoms with E-state index >= 15 is 0 Å². The first-order valence-electron chi connectivity index (χ1n) is 13.9. The number of aliphatic carboxylic acids is 1. The van der Waals surface area contributed by atoms with Crippen LogP contribution in [0.25, 0.3) is 0 Å². The van der Waals surface area contributed by atoms with Crippen molar-refractivity contribution in [3.63, 3.8) is 0 Å². The number of esters is 1. The van der Waals surface area contributed by atoms with Gasteiger partial charge in [-0.15, -0.1) is 0 Å². The van der Waals surface area contributed by atoms with E-state index in [0.717, 1.165) is 29.6 Å². The zero-order chi connectivity index (χ0) is 30.0. The van der Waals surface area contributed by atoms with Crippen LogP contribution in [0.5, 0.6) is 28.7 Å². The third-order valence-corrected chi connectivity index (χ3v) is 7.89. The topological polar surface area (TPSA) is 113 Å². The summed E-state index contributed by atoms with van der Waals surface area (Å²) >= 11 is 0. The SMILES string of the molecule is COc1cc2c(cc1OC)[C@@H](Cc1cc(OC)c(OC)c(OC)c1)[N@+](C)(CCCOC(=O)CCCCC(=O)[O-])CC2. The molecule has 0 radical (unpaired) electrons. The van der Waals surface area contributed by atoms with Gasteiger partial charge in [-0.25, -0.2) is 0 Å². The minimum atomic E-state index is -1.10. The summed E-state index contributed by atoms with van der Waals surface area (Å²) in [5.41, 5.74) is 3.45. The molecular weight excluding hydrogens is 530 g/mol. The third-order valence-electron chi connectivity index (χ3n) is 7.89. The number of fused-ring (bicyclic) bond motifs is 1. The van der Waals surface area contributed by atoms with Crippen LogP contribution in [-0.4, -0.2) is 78.7 Å². The molecular formula is C31H43NO9. The smallest absolute Gasteiger partial charge is 0.305 e. The number of rotatable bonds is 16.